The Hall–Kier alpha value is -2.22. The lowest BCUT2D eigenvalue weighted by atomic mass is 10.1. The van der Waals surface area contributed by atoms with E-state index in [0.717, 1.165) is 36.0 Å². The monoisotopic (exact) mass is 530 g/mol. The number of carbonyl (C=O) groups excluding carboxylic acids is 1. The van der Waals surface area contributed by atoms with Crippen LogP contribution in [-0.2, 0) is 6.61 Å². The highest BCUT2D eigenvalue weighted by Crippen LogP contribution is 2.35. The number of anilines is 1. The average Bonchev–Trinajstić information content (AvgIpc) is 3.10. The molecule has 4 aromatic rings. The molecule has 0 aliphatic heterocycles. The van der Waals surface area contributed by atoms with Gasteiger partial charge >= 0.3 is 0 Å². The number of carbonyl (C=O) groups is 1. The predicted octanol–water partition coefficient (Wildman–Crippen LogP) is 6.96. The third-order valence-electron chi connectivity index (χ3n) is 4.26. The summed E-state index contributed by atoms with van der Waals surface area (Å²) in [6.07, 6.45) is 0. The molecule has 0 aliphatic rings. The zero-order valence-corrected chi connectivity index (χ0v) is 19.4. The first kappa shape index (κ1) is 20.1. The quantitative estimate of drug-likeness (QED) is 0.303. The van der Waals surface area contributed by atoms with Gasteiger partial charge in [0, 0.05) is 5.56 Å². The van der Waals surface area contributed by atoms with E-state index in [1.807, 2.05) is 55.5 Å². The van der Waals surface area contributed by atoms with Crippen LogP contribution in [0.15, 0.2) is 69.6 Å². The third kappa shape index (κ3) is 4.69. The van der Waals surface area contributed by atoms with Crippen molar-refractivity contribution in [2.75, 3.05) is 5.32 Å². The number of thiazole rings is 1. The number of amides is 1. The van der Waals surface area contributed by atoms with Gasteiger partial charge in [-0.05, 0) is 86.3 Å². The highest BCUT2D eigenvalue weighted by Gasteiger charge is 2.11. The molecule has 4 rings (SSSR count). The van der Waals surface area contributed by atoms with Crippen molar-refractivity contribution in [1.29, 1.82) is 0 Å². The molecule has 0 spiro atoms. The van der Waals surface area contributed by atoms with Crippen LogP contribution in [0.4, 0.5) is 5.13 Å². The van der Waals surface area contributed by atoms with Gasteiger partial charge in [0.2, 0.25) is 0 Å². The van der Waals surface area contributed by atoms with Gasteiger partial charge in [-0.2, -0.15) is 0 Å². The summed E-state index contributed by atoms with van der Waals surface area (Å²) in [6.45, 7) is 2.43. The van der Waals surface area contributed by atoms with Crippen molar-refractivity contribution in [2.24, 2.45) is 0 Å². The van der Waals surface area contributed by atoms with Crippen molar-refractivity contribution < 1.29 is 9.53 Å². The summed E-state index contributed by atoms with van der Waals surface area (Å²) < 4.78 is 8.78. The lowest BCUT2D eigenvalue weighted by molar-refractivity contribution is 0.102. The molecule has 4 nitrogen and oxygen atoms in total. The molecule has 29 heavy (non-hydrogen) atoms. The van der Waals surface area contributed by atoms with E-state index in [4.69, 9.17) is 4.74 Å². The molecule has 7 heteroatoms. The SMILES string of the molecule is Cc1cc(Br)c(OCc2ccc(C(=O)Nc3nc4ccccc4s3)cc2)c(Br)c1. The van der Waals surface area contributed by atoms with E-state index in [1.54, 1.807) is 12.1 Å². The molecule has 0 unspecified atom stereocenters. The third-order valence-corrected chi connectivity index (χ3v) is 6.39. The minimum absolute atomic E-state index is 0.180. The lowest BCUT2D eigenvalue weighted by Crippen LogP contribution is -2.11. The average molecular weight is 532 g/mol. The first-order valence-corrected chi connectivity index (χ1v) is 11.2. The predicted molar refractivity (Wildman–Crippen MR) is 125 cm³/mol. The molecule has 3 aromatic carbocycles. The topological polar surface area (TPSA) is 51.2 Å². The maximum Gasteiger partial charge on any atom is 0.257 e. The van der Waals surface area contributed by atoms with Gasteiger partial charge in [0.05, 0.1) is 19.2 Å². The Morgan fingerprint density at radius 3 is 2.45 bits per heavy atom. The van der Waals surface area contributed by atoms with Crippen LogP contribution >= 0.6 is 43.2 Å². The summed E-state index contributed by atoms with van der Waals surface area (Å²) in [6, 6.07) is 19.2. The van der Waals surface area contributed by atoms with Crippen LogP contribution in [0.1, 0.15) is 21.5 Å². The van der Waals surface area contributed by atoms with E-state index >= 15 is 0 Å². The minimum Gasteiger partial charge on any atom is -0.487 e. The number of hydrogen-bond donors (Lipinski definition) is 1. The Balaban J connectivity index is 1.41. The van der Waals surface area contributed by atoms with Crippen molar-refractivity contribution in [2.45, 2.75) is 13.5 Å². The number of hydrogen-bond acceptors (Lipinski definition) is 4. The van der Waals surface area contributed by atoms with Crippen molar-refractivity contribution >= 4 is 64.5 Å². The number of halogens is 2. The maximum absolute atomic E-state index is 12.5. The Bertz CT molecular complexity index is 1130. The number of rotatable bonds is 5. The molecule has 1 N–H and O–H groups in total. The fourth-order valence-electron chi connectivity index (χ4n) is 2.83. The largest absolute Gasteiger partial charge is 0.487 e. The summed E-state index contributed by atoms with van der Waals surface area (Å²) in [4.78, 5) is 17.0. The van der Waals surface area contributed by atoms with Crippen LogP contribution in [-0.4, -0.2) is 10.9 Å². The molecular formula is C22H16Br2N2O2S. The number of nitrogens with one attached hydrogen (secondary N) is 1. The van der Waals surface area contributed by atoms with E-state index in [9.17, 15) is 4.79 Å². The molecular weight excluding hydrogens is 516 g/mol. The number of para-hydroxylation sites is 1. The van der Waals surface area contributed by atoms with E-state index in [0.29, 0.717) is 17.3 Å². The smallest absolute Gasteiger partial charge is 0.257 e. The summed E-state index contributed by atoms with van der Waals surface area (Å²) in [5.41, 5.74) is 3.57. The fourth-order valence-corrected chi connectivity index (χ4v) is 5.33. The fraction of sp³-hybridized carbons (Fsp3) is 0.0909. The summed E-state index contributed by atoms with van der Waals surface area (Å²) in [7, 11) is 0. The van der Waals surface area contributed by atoms with Gasteiger partial charge in [-0.1, -0.05) is 35.6 Å². The van der Waals surface area contributed by atoms with Crippen molar-refractivity contribution in [3.05, 3.63) is 86.3 Å². The first-order chi connectivity index (χ1) is 14.0. The Labute approximate surface area is 189 Å². The van der Waals surface area contributed by atoms with Gasteiger partial charge < -0.3 is 4.74 Å². The zero-order chi connectivity index (χ0) is 20.4. The van der Waals surface area contributed by atoms with Crippen LogP contribution in [0.5, 0.6) is 5.75 Å². The Morgan fingerprint density at radius 2 is 1.76 bits per heavy atom. The highest BCUT2D eigenvalue weighted by molar-refractivity contribution is 9.11. The van der Waals surface area contributed by atoms with Crippen LogP contribution < -0.4 is 10.1 Å². The standard InChI is InChI=1S/C22H16Br2N2O2S/c1-13-10-16(23)20(17(24)11-13)28-12-14-6-8-15(9-7-14)21(27)26-22-25-18-4-2-3-5-19(18)29-22/h2-11H,12H2,1H3,(H,25,26,27). The lowest BCUT2D eigenvalue weighted by Gasteiger charge is -2.11. The second-order valence-corrected chi connectivity index (χ2v) is 9.22. The summed E-state index contributed by atoms with van der Waals surface area (Å²) >= 11 is 8.53. The van der Waals surface area contributed by atoms with Crippen molar-refractivity contribution in [3.63, 3.8) is 0 Å². The van der Waals surface area contributed by atoms with E-state index in [1.165, 1.54) is 11.3 Å². The molecule has 0 saturated heterocycles. The number of nitrogens with zero attached hydrogens (tertiary/aromatic N) is 1. The second-order valence-electron chi connectivity index (χ2n) is 6.48. The molecule has 1 aromatic heterocycles. The number of ether oxygens (including phenoxy) is 1. The molecule has 0 aliphatic carbocycles. The summed E-state index contributed by atoms with van der Waals surface area (Å²) in [5.74, 6) is 0.578. The molecule has 0 atom stereocenters. The number of aryl methyl sites for hydroxylation is 1. The molecule has 0 radical (unpaired) electrons. The number of fused-ring (bicyclic) bond motifs is 1. The van der Waals surface area contributed by atoms with Crippen LogP contribution in [0.25, 0.3) is 10.2 Å². The number of benzene rings is 3. The van der Waals surface area contributed by atoms with Gasteiger partial charge in [0.1, 0.15) is 12.4 Å². The number of aromatic nitrogens is 1. The maximum atomic E-state index is 12.5. The zero-order valence-electron chi connectivity index (χ0n) is 15.4. The van der Waals surface area contributed by atoms with Crippen LogP contribution in [0.2, 0.25) is 0 Å². The van der Waals surface area contributed by atoms with Gasteiger partial charge in [-0.25, -0.2) is 4.98 Å². The van der Waals surface area contributed by atoms with Crippen molar-refractivity contribution in [3.8, 4) is 5.75 Å². The molecule has 1 amide bonds. The van der Waals surface area contributed by atoms with E-state index in [-0.39, 0.29) is 5.91 Å². The van der Waals surface area contributed by atoms with E-state index < -0.39 is 0 Å². The van der Waals surface area contributed by atoms with Crippen LogP contribution in [0.3, 0.4) is 0 Å². The Morgan fingerprint density at radius 1 is 1.07 bits per heavy atom. The minimum atomic E-state index is -0.180. The highest BCUT2D eigenvalue weighted by atomic mass is 79.9. The van der Waals surface area contributed by atoms with Gasteiger partial charge in [-0.15, -0.1) is 0 Å². The van der Waals surface area contributed by atoms with Crippen LogP contribution in [0, 0.1) is 6.92 Å². The molecule has 146 valence electrons. The second kappa shape index (κ2) is 8.65. The van der Waals surface area contributed by atoms with Gasteiger partial charge in [0.25, 0.3) is 5.91 Å². The van der Waals surface area contributed by atoms with Gasteiger partial charge in [-0.3, -0.25) is 10.1 Å². The Kier molecular flexibility index (Phi) is 5.99. The summed E-state index contributed by atoms with van der Waals surface area (Å²) in [5, 5.41) is 3.47. The van der Waals surface area contributed by atoms with E-state index in [2.05, 4.69) is 42.2 Å². The van der Waals surface area contributed by atoms with Gasteiger partial charge in [0.15, 0.2) is 5.13 Å². The molecule has 1 heterocycles. The normalized spacial score (nSPS) is 10.9. The van der Waals surface area contributed by atoms with Crippen molar-refractivity contribution in [1.82, 2.24) is 4.98 Å². The first-order valence-electron chi connectivity index (χ1n) is 8.84. The molecule has 0 saturated carbocycles. The molecule has 0 fully saturated rings. The molecule has 0 bridgehead atoms.